The summed E-state index contributed by atoms with van der Waals surface area (Å²) in [5.41, 5.74) is 0. The fraction of sp³-hybridized carbons (Fsp3) is 0.400. The Morgan fingerprint density at radius 1 is 1.35 bits per heavy atom. The Bertz CT molecular complexity index is 462. The van der Waals surface area contributed by atoms with Crippen LogP contribution in [0.15, 0.2) is 12.4 Å². The van der Waals surface area contributed by atoms with Gasteiger partial charge in [-0.3, -0.25) is 19.5 Å². The molecule has 1 aromatic rings. The van der Waals surface area contributed by atoms with Gasteiger partial charge in [0.05, 0.1) is 18.8 Å². The van der Waals surface area contributed by atoms with Gasteiger partial charge in [0.2, 0.25) is 5.91 Å². The molecule has 1 saturated heterocycles. The zero-order valence-corrected chi connectivity index (χ0v) is 9.60. The van der Waals surface area contributed by atoms with Crippen molar-refractivity contribution in [3.8, 4) is 0 Å². The van der Waals surface area contributed by atoms with Gasteiger partial charge in [0.15, 0.2) is 0 Å². The zero-order valence-electron chi connectivity index (χ0n) is 9.60. The quantitative estimate of drug-likeness (QED) is 0.699. The molecule has 7 heteroatoms. The maximum absolute atomic E-state index is 11.7. The first-order chi connectivity index (χ1) is 8.11. The first-order valence-electron chi connectivity index (χ1n) is 5.18. The highest BCUT2D eigenvalue weighted by atomic mass is 16.2. The van der Waals surface area contributed by atoms with E-state index < -0.39 is 6.04 Å². The number of amides is 2. The molecule has 0 aromatic carbocycles. The third-order valence-corrected chi connectivity index (χ3v) is 2.59. The lowest BCUT2D eigenvalue weighted by molar-refractivity contribution is -0.136. The number of hydrogen-bond donors (Lipinski definition) is 2. The Balaban J connectivity index is 2.11. The molecule has 7 nitrogen and oxygen atoms in total. The fourth-order valence-electron chi connectivity index (χ4n) is 1.60. The molecule has 1 aliphatic rings. The molecule has 1 aliphatic heterocycles. The number of anilines is 2. The SMILES string of the molecule is CNc1cncc(NC2CC(=O)N(C)C2=O)n1. The minimum atomic E-state index is -0.547. The van der Waals surface area contributed by atoms with Crippen LogP contribution in [-0.4, -0.2) is 46.8 Å². The number of carbonyl (C=O) groups is 2. The van der Waals surface area contributed by atoms with E-state index in [9.17, 15) is 9.59 Å². The van der Waals surface area contributed by atoms with Crippen LogP contribution in [-0.2, 0) is 9.59 Å². The second-order valence-corrected chi connectivity index (χ2v) is 3.73. The number of imide groups is 1. The number of nitrogens with one attached hydrogen (secondary N) is 2. The monoisotopic (exact) mass is 235 g/mol. The van der Waals surface area contributed by atoms with Crippen molar-refractivity contribution in [3.63, 3.8) is 0 Å². The standard InChI is InChI=1S/C10H13N5O2/c1-11-7-4-12-5-8(14-7)13-6-3-9(16)15(2)10(6)17/h4-6H,3H2,1-2H3,(H2,11,13,14). The van der Waals surface area contributed by atoms with E-state index in [1.165, 1.54) is 13.2 Å². The third-order valence-electron chi connectivity index (χ3n) is 2.59. The van der Waals surface area contributed by atoms with Crippen LogP contribution in [0.3, 0.4) is 0 Å². The maximum atomic E-state index is 11.7. The average Bonchev–Trinajstić information content (AvgIpc) is 2.57. The minimum Gasteiger partial charge on any atom is -0.372 e. The van der Waals surface area contributed by atoms with Gasteiger partial charge in [-0.1, -0.05) is 0 Å². The molecule has 2 N–H and O–H groups in total. The summed E-state index contributed by atoms with van der Waals surface area (Å²) in [4.78, 5) is 32.2. The van der Waals surface area contributed by atoms with Crippen LogP contribution in [0.25, 0.3) is 0 Å². The molecular weight excluding hydrogens is 222 g/mol. The Morgan fingerprint density at radius 2 is 2.06 bits per heavy atom. The lowest BCUT2D eigenvalue weighted by Gasteiger charge is -2.11. The first-order valence-corrected chi connectivity index (χ1v) is 5.18. The van der Waals surface area contributed by atoms with Crippen molar-refractivity contribution in [1.29, 1.82) is 0 Å². The highest BCUT2D eigenvalue weighted by molar-refractivity contribution is 6.06. The van der Waals surface area contributed by atoms with Crippen LogP contribution in [0, 0.1) is 0 Å². The number of nitrogens with zero attached hydrogens (tertiary/aromatic N) is 3. The van der Waals surface area contributed by atoms with E-state index in [1.54, 1.807) is 13.2 Å². The van der Waals surface area contributed by atoms with Crippen LogP contribution in [0.4, 0.5) is 11.6 Å². The summed E-state index contributed by atoms with van der Waals surface area (Å²) in [6, 6.07) is -0.547. The molecule has 17 heavy (non-hydrogen) atoms. The molecule has 0 aliphatic carbocycles. The van der Waals surface area contributed by atoms with Gasteiger partial charge < -0.3 is 10.6 Å². The van der Waals surface area contributed by atoms with Gasteiger partial charge in [-0.2, -0.15) is 0 Å². The number of carbonyl (C=O) groups excluding carboxylic acids is 2. The summed E-state index contributed by atoms with van der Waals surface area (Å²) in [5, 5.41) is 5.75. The lowest BCUT2D eigenvalue weighted by Crippen LogP contribution is -2.32. The average molecular weight is 235 g/mol. The van der Waals surface area contributed by atoms with E-state index in [2.05, 4.69) is 20.6 Å². The van der Waals surface area contributed by atoms with Gasteiger partial charge >= 0.3 is 0 Å². The van der Waals surface area contributed by atoms with E-state index in [4.69, 9.17) is 0 Å². The largest absolute Gasteiger partial charge is 0.372 e. The Kier molecular flexibility index (Phi) is 2.90. The van der Waals surface area contributed by atoms with Crippen molar-refractivity contribution in [2.45, 2.75) is 12.5 Å². The van der Waals surface area contributed by atoms with Gasteiger partial charge in [-0.15, -0.1) is 0 Å². The lowest BCUT2D eigenvalue weighted by atomic mass is 10.2. The smallest absolute Gasteiger partial charge is 0.251 e. The number of aromatic nitrogens is 2. The van der Waals surface area contributed by atoms with E-state index in [1.807, 2.05) is 0 Å². The normalized spacial score (nSPS) is 19.6. The van der Waals surface area contributed by atoms with E-state index in [0.717, 1.165) is 4.90 Å². The summed E-state index contributed by atoms with van der Waals surface area (Å²) in [7, 11) is 3.20. The number of hydrogen-bond acceptors (Lipinski definition) is 6. The van der Waals surface area contributed by atoms with Crippen molar-refractivity contribution in [3.05, 3.63) is 12.4 Å². The summed E-state index contributed by atoms with van der Waals surface area (Å²) in [5.74, 6) is 0.635. The van der Waals surface area contributed by atoms with Crippen molar-refractivity contribution in [2.75, 3.05) is 24.7 Å². The molecule has 1 fully saturated rings. The Hall–Kier alpha value is -2.18. The van der Waals surface area contributed by atoms with Gasteiger partial charge in [-0.05, 0) is 0 Å². The topological polar surface area (TPSA) is 87.2 Å². The molecule has 0 spiro atoms. The van der Waals surface area contributed by atoms with Gasteiger partial charge in [0, 0.05) is 14.1 Å². The van der Waals surface area contributed by atoms with E-state index in [0.29, 0.717) is 11.6 Å². The molecule has 2 amide bonds. The number of likely N-dealkylation sites (N-methyl/N-ethyl adjacent to an activating group) is 1. The molecule has 1 atom stereocenters. The second kappa shape index (κ2) is 4.36. The van der Waals surface area contributed by atoms with Crippen LogP contribution in [0.5, 0.6) is 0 Å². The van der Waals surface area contributed by atoms with Crippen molar-refractivity contribution < 1.29 is 9.59 Å². The zero-order chi connectivity index (χ0) is 12.4. The van der Waals surface area contributed by atoms with E-state index >= 15 is 0 Å². The maximum Gasteiger partial charge on any atom is 0.251 e. The highest BCUT2D eigenvalue weighted by Crippen LogP contribution is 2.15. The number of rotatable bonds is 3. The van der Waals surface area contributed by atoms with E-state index in [-0.39, 0.29) is 18.2 Å². The Labute approximate surface area is 98.2 Å². The molecule has 2 heterocycles. The van der Waals surface area contributed by atoms with Crippen molar-refractivity contribution >= 4 is 23.5 Å². The van der Waals surface area contributed by atoms with Crippen molar-refractivity contribution in [1.82, 2.24) is 14.9 Å². The predicted molar refractivity (Wildman–Crippen MR) is 61.4 cm³/mol. The van der Waals surface area contributed by atoms with Crippen LogP contribution in [0.1, 0.15) is 6.42 Å². The Morgan fingerprint density at radius 3 is 2.65 bits per heavy atom. The van der Waals surface area contributed by atoms with Crippen LogP contribution < -0.4 is 10.6 Å². The third kappa shape index (κ3) is 2.17. The molecule has 2 rings (SSSR count). The van der Waals surface area contributed by atoms with Crippen molar-refractivity contribution in [2.24, 2.45) is 0 Å². The molecule has 90 valence electrons. The molecular formula is C10H13N5O2. The molecule has 1 unspecified atom stereocenters. The number of likely N-dealkylation sites (tertiary alicyclic amines) is 1. The molecule has 0 bridgehead atoms. The van der Waals surface area contributed by atoms with Gasteiger partial charge in [-0.25, -0.2) is 4.98 Å². The van der Waals surface area contributed by atoms with Crippen LogP contribution >= 0.6 is 0 Å². The van der Waals surface area contributed by atoms with Gasteiger partial charge in [0.1, 0.15) is 17.7 Å². The summed E-state index contributed by atoms with van der Waals surface area (Å²) in [6.07, 6.45) is 3.23. The highest BCUT2D eigenvalue weighted by Gasteiger charge is 2.36. The molecule has 1 aromatic heterocycles. The summed E-state index contributed by atoms with van der Waals surface area (Å²) in [6.45, 7) is 0. The first kappa shape index (κ1) is 11.3. The summed E-state index contributed by atoms with van der Waals surface area (Å²) >= 11 is 0. The summed E-state index contributed by atoms with van der Waals surface area (Å²) < 4.78 is 0. The minimum absolute atomic E-state index is 0.154. The molecule has 0 radical (unpaired) electrons. The van der Waals surface area contributed by atoms with Crippen LogP contribution in [0.2, 0.25) is 0 Å². The fourth-order valence-corrected chi connectivity index (χ4v) is 1.60. The second-order valence-electron chi connectivity index (χ2n) is 3.73. The predicted octanol–water partition coefficient (Wildman–Crippen LogP) is -0.313. The van der Waals surface area contributed by atoms with Gasteiger partial charge in [0.25, 0.3) is 5.91 Å². The molecule has 0 saturated carbocycles.